The summed E-state index contributed by atoms with van der Waals surface area (Å²) in [6.07, 6.45) is 0.155. The average molecular weight is 340 g/mol. The van der Waals surface area contributed by atoms with Crippen LogP contribution in [0.5, 0.6) is 5.75 Å². The average Bonchev–Trinajstić information content (AvgIpc) is 2.42. The molecule has 2 aromatic rings. The van der Waals surface area contributed by atoms with Crippen molar-refractivity contribution in [3.63, 3.8) is 0 Å². The smallest absolute Gasteiger partial charge is 0.137 e. The third-order valence-electron chi connectivity index (χ3n) is 3.42. The van der Waals surface area contributed by atoms with Crippen LogP contribution in [0.2, 0.25) is 0 Å². The summed E-state index contributed by atoms with van der Waals surface area (Å²) in [7, 11) is 0. The molecule has 0 spiro atoms. The maximum absolute atomic E-state index is 13.6. The number of hydrogen-bond donors (Lipinski definition) is 1. The normalized spacial score (nSPS) is 21.2. The van der Waals surface area contributed by atoms with Crippen LogP contribution >= 0.6 is 15.9 Å². The van der Waals surface area contributed by atoms with Gasteiger partial charge in [-0.05, 0) is 51.8 Å². The van der Waals surface area contributed by atoms with E-state index in [2.05, 4.69) is 15.9 Å². The molecular weight excluding hydrogens is 328 g/mol. The zero-order valence-electron chi connectivity index (χ0n) is 10.4. The van der Waals surface area contributed by atoms with E-state index < -0.39 is 0 Å². The predicted molar refractivity (Wildman–Crippen MR) is 75.4 cm³/mol. The summed E-state index contributed by atoms with van der Waals surface area (Å²) in [4.78, 5) is 0. The monoisotopic (exact) mass is 339 g/mol. The van der Waals surface area contributed by atoms with Crippen LogP contribution in [-0.2, 0) is 0 Å². The number of benzene rings is 2. The second-order valence-corrected chi connectivity index (χ2v) is 5.66. The molecule has 2 nitrogen and oxygen atoms in total. The minimum atomic E-state index is -0.343. The molecule has 0 fully saturated rings. The van der Waals surface area contributed by atoms with Gasteiger partial charge in [0.1, 0.15) is 23.5 Å². The zero-order chi connectivity index (χ0) is 14.3. The van der Waals surface area contributed by atoms with Crippen molar-refractivity contribution in [1.82, 2.24) is 0 Å². The molecule has 1 aliphatic rings. The van der Waals surface area contributed by atoms with Crippen LogP contribution in [0.4, 0.5) is 8.78 Å². The molecule has 5 heteroatoms. The topological polar surface area (TPSA) is 35.2 Å². The van der Waals surface area contributed by atoms with Gasteiger partial charge in [-0.25, -0.2) is 8.78 Å². The van der Waals surface area contributed by atoms with Crippen molar-refractivity contribution >= 4 is 15.9 Å². The molecule has 3 rings (SSSR count). The van der Waals surface area contributed by atoms with Crippen molar-refractivity contribution in [2.45, 2.75) is 18.6 Å². The number of halogens is 3. The Morgan fingerprint density at radius 2 is 1.95 bits per heavy atom. The third-order valence-corrected chi connectivity index (χ3v) is 4.07. The predicted octanol–water partition coefficient (Wildman–Crippen LogP) is 4.25. The molecular formula is C15H12BrF2NO. The summed E-state index contributed by atoms with van der Waals surface area (Å²) >= 11 is 3.12. The van der Waals surface area contributed by atoms with Crippen LogP contribution in [0.3, 0.4) is 0 Å². The van der Waals surface area contributed by atoms with Crippen LogP contribution in [-0.4, -0.2) is 0 Å². The zero-order valence-corrected chi connectivity index (χ0v) is 12.0. The van der Waals surface area contributed by atoms with Crippen LogP contribution in [0, 0.1) is 11.6 Å². The van der Waals surface area contributed by atoms with Crippen molar-refractivity contribution in [3.05, 3.63) is 63.6 Å². The van der Waals surface area contributed by atoms with Crippen molar-refractivity contribution in [2.24, 2.45) is 5.73 Å². The van der Waals surface area contributed by atoms with E-state index in [-0.39, 0.29) is 23.8 Å². The highest BCUT2D eigenvalue weighted by Gasteiger charge is 2.27. The second kappa shape index (κ2) is 5.14. The molecule has 0 saturated heterocycles. The van der Waals surface area contributed by atoms with Gasteiger partial charge in [0.2, 0.25) is 0 Å². The quantitative estimate of drug-likeness (QED) is 0.842. The lowest BCUT2D eigenvalue weighted by Crippen LogP contribution is -2.24. The Morgan fingerprint density at radius 3 is 2.70 bits per heavy atom. The summed E-state index contributed by atoms with van der Waals surface area (Å²) in [5, 5.41) is 0. The molecule has 104 valence electrons. The van der Waals surface area contributed by atoms with Gasteiger partial charge >= 0.3 is 0 Å². The summed E-state index contributed by atoms with van der Waals surface area (Å²) in [6.45, 7) is 0. The molecule has 2 atom stereocenters. The maximum Gasteiger partial charge on any atom is 0.137 e. The van der Waals surface area contributed by atoms with Gasteiger partial charge in [0.15, 0.2) is 0 Å². The fourth-order valence-electron chi connectivity index (χ4n) is 2.39. The minimum Gasteiger partial charge on any atom is -0.485 e. The molecule has 1 unspecified atom stereocenters. The fraction of sp³-hybridized carbons (Fsp3) is 0.200. The summed E-state index contributed by atoms with van der Waals surface area (Å²) < 4.78 is 33.0. The molecule has 0 bridgehead atoms. The first-order valence-electron chi connectivity index (χ1n) is 6.21. The highest BCUT2D eigenvalue weighted by Crippen LogP contribution is 2.40. The highest BCUT2D eigenvalue weighted by molar-refractivity contribution is 9.10. The highest BCUT2D eigenvalue weighted by atomic mass is 79.9. The maximum atomic E-state index is 13.6. The van der Waals surface area contributed by atoms with Crippen LogP contribution in [0.1, 0.15) is 29.7 Å². The molecule has 1 aliphatic heterocycles. The molecule has 20 heavy (non-hydrogen) atoms. The van der Waals surface area contributed by atoms with Gasteiger partial charge in [-0.3, -0.25) is 0 Å². The number of fused-ring (bicyclic) bond motifs is 1. The summed E-state index contributed by atoms with van der Waals surface area (Å²) in [6, 6.07) is 8.81. The van der Waals surface area contributed by atoms with Crippen molar-refractivity contribution in [2.75, 3.05) is 0 Å². The van der Waals surface area contributed by atoms with Gasteiger partial charge in [0.05, 0.1) is 4.47 Å². The van der Waals surface area contributed by atoms with E-state index in [4.69, 9.17) is 10.5 Å². The molecule has 1 heterocycles. The number of nitrogens with two attached hydrogens (primary N) is 1. The van der Waals surface area contributed by atoms with Crippen LogP contribution in [0.25, 0.3) is 0 Å². The number of ether oxygens (including phenoxy) is 1. The first-order chi connectivity index (χ1) is 9.54. The first-order valence-corrected chi connectivity index (χ1v) is 7.00. The number of hydrogen-bond acceptors (Lipinski definition) is 2. The largest absolute Gasteiger partial charge is 0.485 e. The van der Waals surface area contributed by atoms with Gasteiger partial charge < -0.3 is 10.5 Å². The Labute approximate surface area is 123 Å². The second-order valence-electron chi connectivity index (χ2n) is 4.80. The lowest BCUT2D eigenvalue weighted by molar-refractivity contribution is 0.160. The van der Waals surface area contributed by atoms with Gasteiger partial charge in [0.25, 0.3) is 0 Å². The van der Waals surface area contributed by atoms with Gasteiger partial charge in [-0.15, -0.1) is 0 Å². The third kappa shape index (κ3) is 2.43. The van der Waals surface area contributed by atoms with E-state index in [0.29, 0.717) is 22.2 Å². The van der Waals surface area contributed by atoms with Gasteiger partial charge in [-0.2, -0.15) is 0 Å². The Hall–Kier alpha value is -1.46. The molecule has 0 aromatic heterocycles. The summed E-state index contributed by atoms with van der Waals surface area (Å²) in [5.41, 5.74) is 7.43. The van der Waals surface area contributed by atoms with E-state index in [9.17, 15) is 8.78 Å². The summed E-state index contributed by atoms with van der Waals surface area (Å²) in [5.74, 6) is -0.126. The van der Waals surface area contributed by atoms with E-state index in [0.717, 1.165) is 5.56 Å². The molecule has 2 aromatic carbocycles. The SMILES string of the molecule is N[C@H]1CC(c2ccc(Br)c(F)c2)Oc2ccc(F)cc21. The van der Waals surface area contributed by atoms with E-state index in [1.165, 1.54) is 18.2 Å². The van der Waals surface area contributed by atoms with Crippen molar-refractivity contribution in [3.8, 4) is 5.75 Å². The van der Waals surface area contributed by atoms with E-state index >= 15 is 0 Å². The van der Waals surface area contributed by atoms with Crippen LogP contribution < -0.4 is 10.5 Å². The Kier molecular flexibility index (Phi) is 3.48. The van der Waals surface area contributed by atoms with Crippen LogP contribution in [0.15, 0.2) is 40.9 Å². The lowest BCUT2D eigenvalue weighted by atomic mass is 9.93. The minimum absolute atomic E-state index is 0.328. The van der Waals surface area contributed by atoms with E-state index in [1.54, 1.807) is 18.2 Å². The molecule has 2 N–H and O–H groups in total. The molecule has 0 aliphatic carbocycles. The fourth-order valence-corrected chi connectivity index (χ4v) is 2.64. The van der Waals surface area contributed by atoms with Crippen molar-refractivity contribution < 1.29 is 13.5 Å². The molecule has 0 saturated carbocycles. The van der Waals surface area contributed by atoms with Crippen molar-refractivity contribution in [1.29, 1.82) is 0 Å². The number of rotatable bonds is 1. The van der Waals surface area contributed by atoms with E-state index in [1.807, 2.05) is 0 Å². The Morgan fingerprint density at radius 1 is 1.15 bits per heavy atom. The molecule has 0 radical (unpaired) electrons. The standard InChI is InChI=1S/C15H12BrF2NO/c16-11-3-1-8(5-12(11)18)15-7-13(19)10-6-9(17)2-4-14(10)20-15/h1-6,13,15H,7,19H2/t13-,15?/m0/s1. The van der Waals surface area contributed by atoms with Gasteiger partial charge in [-0.1, -0.05) is 6.07 Å². The Balaban J connectivity index is 1.94. The lowest BCUT2D eigenvalue weighted by Gasteiger charge is -2.30. The van der Waals surface area contributed by atoms with Gasteiger partial charge in [0, 0.05) is 18.0 Å². The Bertz CT molecular complexity index is 662. The first kappa shape index (κ1) is 13.5. The molecule has 0 amide bonds.